The minimum Gasteiger partial charge on any atom is -0.493 e. The molecular weight excluding hydrogens is 142 g/mol. The van der Waals surface area contributed by atoms with Gasteiger partial charge in [-0.05, 0) is 13.8 Å². The van der Waals surface area contributed by atoms with Crippen LogP contribution in [0.2, 0.25) is 0 Å². The fourth-order valence-electron chi connectivity index (χ4n) is 0.789. The van der Waals surface area contributed by atoms with Gasteiger partial charge in [-0.1, -0.05) is 0 Å². The van der Waals surface area contributed by atoms with Crippen molar-refractivity contribution in [1.82, 2.24) is 9.97 Å². The van der Waals surface area contributed by atoms with Gasteiger partial charge < -0.3 is 10.4 Å². The minimum atomic E-state index is 0.00782. The number of aryl methyl sites for hydroxylation is 1. The molecule has 4 nitrogen and oxygen atoms in total. The molecule has 0 unspecified atom stereocenters. The Bertz CT molecular complexity index is 229. The Balaban J connectivity index is 2.89. The SMILES string of the molecule is CCNc1nc(C)cc(O)n1. The molecule has 0 amide bonds. The molecule has 1 heterocycles. The van der Waals surface area contributed by atoms with Gasteiger partial charge in [0, 0.05) is 18.3 Å². The van der Waals surface area contributed by atoms with Crippen LogP contribution < -0.4 is 5.32 Å². The van der Waals surface area contributed by atoms with Gasteiger partial charge in [-0.15, -0.1) is 0 Å². The molecule has 0 atom stereocenters. The summed E-state index contributed by atoms with van der Waals surface area (Å²) in [6.07, 6.45) is 0. The number of anilines is 1. The molecule has 0 saturated carbocycles. The quantitative estimate of drug-likeness (QED) is 0.663. The average Bonchev–Trinajstić information content (AvgIpc) is 1.85. The molecular formula is C7H11N3O. The standard InChI is InChI=1S/C7H11N3O/c1-3-8-7-9-5(2)4-6(11)10-7/h4H,3H2,1-2H3,(H2,8,9,10,11). The summed E-state index contributed by atoms with van der Waals surface area (Å²) in [4.78, 5) is 7.80. The first-order valence-corrected chi connectivity index (χ1v) is 3.51. The minimum absolute atomic E-state index is 0.00782. The fourth-order valence-corrected chi connectivity index (χ4v) is 0.789. The summed E-state index contributed by atoms with van der Waals surface area (Å²) >= 11 is 0. The lowest BCUT2D eigenvalue weighted by Crippen LogP contribution is -2.02. The predicted octanol–water partition coefficient (Wildman–Crippen LogP) is 0.922. The number of hydrogen-bond acceptors (Lipinski definition) is 4. The Hall–Kier alpha value is -1.32. The molecule has 0 saturated heterocycles. The summed E-state index contributed by atoms with van der Waals surface area (Å²) in [7, 11) is 0. The van der Waals surface area contributed by atoms with E-state index >= 15 is 0 Å². The molecule has 2 N–H and O–H groups in total. The van der Waals surface area contributed by atoms with E-state index < -0.39 is 0 Å². The summed E-state index contributed by atoms with van der Waals surface area (Å²) in [5.74, 6) is 0.485. The van der Waals surface area contributed by atoms with Gasteiger partial charge in [-0.25, -0.2) is 4.98 Å². The van der Waals surface area contributed by atoms with Crippen molar-refractivity contribution in [2.45, 2.75) is 13.8 Å². The number of nitrogens with zero attached hydrogens (tertiary/aromatic N) is 2. The highest BCUT2D eigenvalue weighted by atomic mass is 16.3. The van der Waals surface area contributed by atoms with Crippen LogP contribution >= 0.6 is 0 Å². The van der Waals surface area contributed by atoms with Gasteiger partial charge in [0.1, 0.15) is 0 Å². The molecule has 0 spiro atoms. The molecule has 4 heteroatoms. The maximum atomic E-state index is 9.03. The molecule has 0 aromatic carbocycles. The van der Waals surface area contributed by atoms with Crippen molar-refractivity contribution < 1.29 is 5.11 Å². The van der Waals surface area contributed by atoms with Crippen LogP contribution in [0, 0.1) is 6.92 Å². The third kappa shape index (κ3) is 2.07. The Morgan fingerprint density at radius 2 is 2.27 bits per heavy atom. The first-order chi connectivity index (χ1) is 5.22. The smallest absolute Gasteiger partial charge is 0.226 e. The maximum absolute atomic E-state index is 9.03. The third-order valence-corrected chi connectivity index (χ3v) is 1.18. The second-order valence-corrected chi connectivity index (χ2v) is 2.22. The number of nitrogens with one attached hydrogen (secondary N) is 1. The van der Waals surface area contributed by atoms with Crippen LogP contribution in [0.4, 0.5) is 5.95 Å². The zero-order valence-electron chi connectivity index (χ0n) is 6.63. The fraction of sp³-hybridized carbons (Fsp3) is 0.429. The van der Waals surface area contributed by atoms with Crippen LogP contribution in [-0.4, -0.2) is 21.6 Å². The normalized spacial score (nSPS) is 9.64. The first kappa shape index (κ1) is 7.78. The highest BCUT2D eigenvalue weighted by molar-refractivity contribution is 5.29. The number of aromatic nitrogens is 2. The lowest BCUT2D eigenvalue weighted by Gasteiger charge is -2.01. The largest absolute Gasteiger partial charge is 0.493 e. The Kier molecular flexibility index (Phi) is 2.25. The van der Waals surface area contributed by atoms with Crippen molar-refractivity contribution in [3.63, 3.8) is 0 Å². The topological polar surface area (TPSA) is 58.0 Å². The number of hydrogen-bond donors (Lipinski definition) is 2. The van der Waals surface area contributed by atoms with Crippen molar-refractivity contribution in [2.24, 2.45) is 0 Å². The summed E-state index contributed by atoms with van der Waals surface area (Å²) in [6, 6.07) is 1.51. The second-order valence-electron chi connectivity index (χ2n) is 2.22. The highest BCUT2D eigenvalue weighted by Crippen LogP contribution is 2.08. The van der Waals surface area contributed by atoms with Gasteiger partial charge >= 0.3 is 0 Å². The summed E-state index contributed by atoms with van der Waals surface area (Å²) in [6.45, 7) is 4.51. The van der Waals surface area contributed by atoms with Crippen LogP contribution in [0.3, 0.4) is 0 Å². The van der Waals surface area contributed by atoms with E-state index in [1.807, 2.05) is 13.8 Å². The van der Waals surface area contributed by atoms with E-state index in [1.54, 1.807) is 0 Å². The highest BCUT2D eigenvalue weighted by Gasteiger charge is 1.97. The van der Waals surface area contributed by atoms with Gasteiger partial charge in [0.05, 0.1) is 0 Å². The summed E-state index contributed by atoms with van der Waals surface area (Å²) in [5.41, 5.74) is 0.758. The van der Waals surface area contributed by atoms with Gasteiger partial charge in [0.2, 0.25) is 11.8 Å². The lowest BCUT2D eigenvalue weighted by molar-refractivity contribution is 0.452. The van der Waals surface area contributed by atoms with Crippen molar-refractivity contribution in [3.8, 4) is 5.88 Å². The first-order valence-electron chi connectivity index (χ1n) is 3.51. The van der Waals surface area contributed by atoms with Crippen LogP contribution in [0.1, 0.15) is 12.6 Å². The van der Waals surface area contributed by atoms with E-state index in [4.69, 9.17) is 5.11 Å². The van der Waals surface area contributed by atoms with E-state index in [1.165, 1.54) is 6.07 Å². The molecule has 0 aliphatic heterocycles. The molecule has 11 heavy (non-hydrogen) atoms. The number of rotatable bonds is 2. The van der Waals surface area contributed by atoms with E-state index in [2.05, 4.69) is 15.3 Å². The molecule has 0 aliphatic carbocycles. The molecule has 60 valence electrons. The van der Waals surface area contributed by atoms with Crippen molar-refractivity contribution in [1.29, 1.82) is 0 Å². The maximum Gasteiger partial charge on any atom is 0.226 e. The lowest BCUT2D eigenvalue weighted by atomic mass is 10.4. The van der Waals surface area contributed by atoms with Crippen LogP contribution in [0.15, 0.2) is 6.07 Å². The zero-order chi connectivity index (χ0) is 8.27. The monoisotopic (exact) mass is 153 g/mol. The van der Waals surface area contributed by atoms with Gasteiger partial charge in [-0.3, -0.25) is 0 Å². The Morgan fingerprint density at radius 1 is 1.55 bits per heavy atom. The summed E-state index contributed by atoms with van der Waals surface area (Å²) in [5, 5.41) is 11.9. The van der Waals surface area contributed by atoms with E-state index in [9.17, 15) is 0 Å². The molecule has 1 aromatic heterocycles. The van der Waals surface area contributed by atoms with E-state index in [0.29, 0.717) is 5.95 Å². The van der Waals surface area contributed by atoms with E-state index in [0.717, 1.165) is 12.2 Å². The molecule has 0 radical (unpaired) electrons. The van der Waals surface area contributed by atoms with Crippen LogP contribution in [-0.2, 0) is 0 Å². The molecule has 1 rings (SSSR count). The molecule has 0 aliphatic rings. The van der Waals surface area contributed by atoms with Crippen molar-refractivity contribution in [3.05, 3.63) is 11.8 Å². The number of aromatic hydroxyl groups is 1. The van der Waals surface area contributed by atoms with Crippen LogP contribution in [0.25, 0.3) is 0 Å². The predicted molar refractivity (Wildman–Crippen MR) is 42.6 cm³/mol. The molecule has 1 aromatic rings. The van der Waals surface area contributed by atoms with Crippen molar-refractivity contribution in [2.75, 3.05) is 11.9 Å². The average molecular weight is 153 g/mol. The summed E-state index contributed by atoms with van der Waals surface area (Å²) < 4.78 is 0. The van der Waals surface area contributed by atoms with E-state index in [-0.39, 0.29) is 5.88 Å². The molecule has 0 fully saturated rings. The Morgan fingerprint density at radius 3 is 2.82 bits per heavy atom. The Labute approximate surface area is 65.3 Å². The molecule has 0 bridgehead atoms. The van der Waals surface area contributed by atoms with Gasteiger partial charge in [-0.2, -0.15) is 4.98 Å². The third-order valence-electron chi connectivity index (χ3n) is 1.18. The van der Waals surface area contributed by atoms with Crippen LogP contribution in [0.5, 0.6) is 5.88 Å². The van der Waals surface area contributed by atoms with Gasteiger partial charge in [0.15, 0.2) is 0 Å². The zero-order valence-corrected chi connectivity index (χ0v) is 6.63. The van der Waals surface area contributed by atoms with Crippen molar-refractivity contribution >= 4 is 5.95 Å². The van der Waals surface area contributed by atoms with Gasteiger partial charge in [0.25, 0.3) is 0 Å². The second kappa shape index (κ2) is 3.18.